The number of benzene rings is 1. The van der Waals surface area contributed by atoms with Gasteiger partial charge in [0.2, 0.25) is 5.88 Å². The average Bonchev–Trinajstić information content (AvgIpc) is 2.32. The number of nitrogens with zero attached hydrogens (tertiary/aromatic N) is 1. The Morgan fingerprint density at radius 1 is 1.19 bits per heavy atom. The molecule has 0 aliphatic rings. The summed E-state index contributed by atoms with van der Waals surface area (Å²) in [7, 11) is 0. The number of halogens is 2. The molecule has 0 spiro atoms. The van der Waals surface area contributed by atoms with E-state index in [0.29, 0.717) is 22.0 Å². The molecule has 2 aromatic rings. The van der Waals surface area contributed by atoms with E-state index in [1.165, 1.54) is 0 Å². The fourth-order valence-corrected chi connectivity index (χ4v) is 1.72. The monoisotopic (exact) mass is 297 g/mol. The number of hydrogen-bond donors (Lipinski definition) is 0. The fourth-order valence-electron chi connectivity index (χ4n) is 1.23. The van der Waals surface area contributed by atoms with E-state index in [4.69, 9.17) is 16.3 Å². The summed E-state index contributed by atoms with van der Waals surface area (Å²) in [5.41, 5.74) is 1.09. The summed E-state index contributed by atoms with van der Waals surface area (Å²) in [6, 6.07) is 11.6. The molecule has 16 heavy (non-hydrogen) atoms. The van der Waals surface area contributed by atoms with Crippen LogP contribution < -0.4 is 4.74 Å². The molecule has 1 aromatic carbocycles. The van der Waals surface area contributed by atoms with Crippen molar-refractivity contribution in [2.45, 2.75) is 6.61 Å². The van der Waals surface area contributed by atoms with E-state index < -0.39 is 0 Å². The van der Waals surface area contributed by atoms with Crippen LogP contribution in [0.3, 0.4) is 0 Å². The number of rotatable bonds is 3. The Labute approximate surface area is 107 Å². The van der Waals surface area contributed by atoms with Crippen molar-refractivity contribution in [2.24, 2.45) is 0 Å². The van der Waals surface area contributed by atoms with Crippen molar-refractivity contribution in [3.63, 3.8) is 0 Å². The average molecular weight is 299 g/mol. The summed E-state index contributed by atoms with van der Waals surface area (Å²) in [6.45, 7) is 0.479. The first-order chi connectivity index (χ1) is 7.77. The topological polar surface area (TPSA) is 22.1 Å². The quantitative estimate of drug-likeness (QED) is 0.852. The third-order valence-corrected chi connectivity index (χ3v) is 3.34. The third-order valence-electron chi connectivity index (χ3n) is 2.03. The Morgan fingerprint density at radius 2 is 1.94 bits per heavy atom. The maximum Gasteiger partial charge on any atom is 0.229 e. The predicted octanol–water partition coefficient (Wildman–Crippen LogP) is 4.08. The van der Waals surface area contributed by atoms with E-state index in [1.54, 1.807) is 12.3 Å². The highest BCUT2D eigenvalue weighted by molar-refractivity contribution is 9.10. The molecule has 0 aliphatic carbocycles. The third kappa shape index (κ3) is 2.74. The maximum atomic E-state index is 5.93. The molecular formula is C12H9BrClNO. The van der Waals surface area contributed by atoms with Crippen molar-refractivity contribution >= 4 is 27.5 Å². The van der Waals surface area contributed by atoms with Crippen molar-refractivity contribution in [3.05, 3.63) is 57.7 Å². The van der Waals surface area contributed by atoms with Crippen molar-refractivity contribution in [3.8, 4) is 5.88 Å². The Kier molecular flexibility index (Phi) is 3.80. The molecule has 0 atom stereocenters. The van der Waals surface area contributed by atoms with E-state index in [1.807, 2.05) is 30.3 Å². The molecule has 1 aromatic heterocycles. The zero-order valence-electron chi connectivity index (χ0n) is 8.36. The molecule has 2 rings (SSSR count). The van der Waals surface area contributed by atoms with Gasteiger partial charge in [-0.25, -0.2) is 4.98 Å². The minimum Gasteiger partial charge on any atom is -0.472 e. The Morgan fingerprint density at radius 3 is 2.69 bits per heavy atom. The molecule has 2 nitrogen and oxygen atoms in total. The lowest BCUT2D eigenvalue weighted by Crippen LogP contribution is -1.97. The van der Waals surface area contributed by atoms with Crippen molar-refractivity contribution in [2.75, 3.05) is 0 Å². The SMILES string of the molecule is Clc1ccnc(OCc2ccccc2)c1Br. The molecule has 4 heteroatoms. The highest BCUT2D eigenvalue weighted by Crippen LogP contribution is 2.30. The van der Waals surface area contributed by atoms with Crippen molar-refractivity contribution < 1.29 is 4.74 Å². The predicted molar refractivity (Wildman–Crippen MR) is 67.7 cm³/mol. The summed E-state index contributed by atoms with van der Waals surface area (Å²) in [6.07, 6.45) is 1.62. The summed E-state index contributed by atoms with van der Waals surface area (Å²) in [4.78, 5) is 4.10. The number of ether oxygens (including phenoxy) is 1. The number of hydrogen-bond acceptors (Lipinski definition) is 2. The Bertz CT molecular complexity index is 476. The molecule has 0 aliphatic heterocycles. The second-order valence-electron chi connectivity index (χ2n) is 3.19. The molecule has 0 amide bonds. The molecular weight excluding hydrogens is 289 g/mol. The highest BCUT2D eigenvalue weighted by atomic mass is 79.9. The maximum absolute atomic E-state index is 5.93. The molecule has 0 radical (unpaired) electrons. The fraction of sp³-hybridized carbons (Fsp3) is 0.0833. The molecule has 1 heterocycles. The van der Waals surface area contributed by atoms with Gasteiger partial charge in [0.1, 0.15) is 6.61 Å². The lowest BCUT2D eigenvalue weighted by molar-refractivity contribution is 0.292. The molecule has 0 N–H and O–H groups in total. The van der Waals surface area contributed by atoms with Gasteiger partial charge in [-0.15, -0.1) is 0 Å². The Balaban J connectivity index is 2.08. The summed E-state index contributed by atoms with van der Waals surface area (Å²) in [5.74, 6) is 0.511. The van der Waals surface area contributed by atoms with Crippen LogP contribution in [-0.2, 0) is 6.61 Å². The molecule has 0 fully saturated rings. The van der Waals surface area contributed by atoms with Crippen molar-refractivity contribution in [1.82, 2.24) is 4.98 Å². The first kappa shape index (κ1) is 11.4. The van der Waals surface area contributed by atoms with Gasteiger partial charge in [0.25, 0.3) is 0 Å². The summed E-state index contributed by atoms with van der Waals surface area (Å²) >= 11 is 9.26. The van der Waals surface area contributed by atoms with Gasteiger partial charge in [-0.2, -0.15) is 0 Å². The second-order valence-corrected chi connectivity index (χ2v) is 4.39. The van der Waals surface area contributed by atoms with E-state index >= 15 is 0 Å². The summed E-state index contributed by atoms with van der Waals surface area (Å²) in [5, 5.41) is 0.595. The summed E-state index contributed by atoms with van der Waals surface area (Å²) < 4.78 is 6.25. The van der Waals surface area contributed by atoms with Crippen LogP contribution in [0.2, 0.25) is 5.02 Å². The molecule has 82 valence electrons. The van der Waals surface area contributed by atoms with Crippen LogP contribution in [-0.4, -0.2) is 4.98 Å². The largest absolute Gasteiger partial charge is 0.472 e. The molecule has 0 bridgehead atoms. The van der Waals surface area contributed by atoms with Crippen LogP contribution in [0, 0.1) is 0 Å². The minimum atomic E-state index is 0.479. The normalized spacial score (nSPS) is 10.1. The van der Waals surface area contributed by atoms with E-state index in [2.05, 4.69) is 20.9 Å². The van der Waals surface area contributed by atoms with Gasteiger partial charge in [-0.3, -0.25) is 0 Å². The standard InChI is InChI=1S/C12H9BrClNO/c13-11-10(14)6-7-15-12(11)16-8-9-4-2-1-3-5-9/h1-7H,8H2. The van der Waals surface area contributed by atoms with E-state index in [0.717, 1.165) is 5.56 Å². The first-order valence-electron chi connectivity index (χ1n) is 4.74. The van der Waals surface area contributed by atoms with Crippen LogP contribution in [0.4, 0.5) is 0 Å². The minimum absolute atomic E-state index is 0.479. The van der Waals surface area contributed by atoms with Gasteiger partial charge in [-0.05, 0) is 27.6 Å². The first-order valence-corrected chi connectivity index (χ1v) is 5.91. The van der Waals surface area contributed by atoms with E-state index in [9.17, 15) is 0 Å². The number of aromatic nitrogens is 1. The van der Waals surface area contributed by atoms with Crippen LogP contribution in [0.5, 0.6) is 5.88 Å². The van der Waals surface area contributed by atoms with Crippen molar-refractivity contribution in [1.29, 1.82) is 0 Å². The van der Waals surface area contributed by atoms with Crippen LogP contribution in [0.1, 0.15) is 5.56 Å². The molecule has 0 unspecified atom stereocenters. The van der Waals surface area contributed by atoms with E-state index in [-0.39, 0.29) is 0 Å². The zero-order chi connectivity index (χ0) is 11.4. The van der Waals surface area contributed by atoms with Gasteiger partial charge in [0.15, 0.2) is 0 Å². The van der Waals surface area contributed by atoms with Crippen LogP contribution in [0.15, 0.2) is 47.1 Å². The van der Waals surface area contributed by atoms with Crippen LogP contribution in [0.25, 0.3) is 0 Å². The number of pyridine rings is 1. The highest BCUT2D eigenvalue weighted by Gasteiger charge is 2.06. The Hall–Kier alpha value is -1.06. The van der Waals surface area contributed by atoms with Gasteiger partial charge in [-0.1, -0.05) is 41.9 Å². The molecule has 0 saturated heterocycles. The van der Waals surface area contributed by atoms with Gasteiger partial charge in [0, 0.05) is 6.20 Å². The lowest BCUT2D eigenvalue weighted by atomic mass is 10.2. The van der Waals surface area contributed by atoms with Gasteiger partial charge in [0.05, 0.1) is 9.50 Å². The zero-order valence-corrected chi connectivity index (χ0v) is 10.7. The van der Waals surface area contributed by atoms with Crippen LogP contribution >= 0.6 is 27.5 Å². The smallest absolute Gasteiger partial charge is 0.229 e. The second kappa shape index (κ2) is 5.32. The molecule has 0 saturated carbocycles. The lowest BCUT2D eigenvalue weighted by Gasteiger charge is -2.07. The van der Waals surface area contributed by atoms with Gasteiger partial charge < -0.3 is 4.74 Å². The van der Waals surface area contributed by atoms with Gasteiger partial charge >= 0.3 is 0 Å².